The van der Waals surface area contributed by atoms with E-state index in [2.05, 4.69) is 0 Å². The summed E-state index contributed by atoms with van der Waals surface area (Å²) >= 11 is 0. The highest BCUT2D eigenvalue weighted by Crippen LogP contribution is 2.01. The van der Waals surface area contributed by atoms with Crippen LogP contribution in [0.5, 0.6) is 0 Å². The molecule has 0 aliphatic rings. The monoisotopic (exact) mass is 197 g/mol. The predicted molar refractivity (Wildman–Crippen MR) is 53.6 cm³/mol. The van der Waals surface area contributed by atoms with Crippen molar-refractivity contribution in [2.45, 2.75) is 0 Å². The van der Waals surface area contributed by atoms with Crippen molar-refractivity contribution in [1.29, 1.82) is 0 Å². The summed E-state index contributed by atoms with van der Waals surface area (Å²) in [6.45, 7) is 0. The standard InChI is InChI=1S/C9H11NO2S/c1-10(13(11)12)8-7-9-5-3-2-4-6-9/h2-8,13H,1H3. The van der Waals surface area contributed by atoms with E-state index in [4.69, 9.17) is 0 Å². The zero-order valence-corrected chi connectivity index (χ0v) is 8.15. The smallest absolute Gasteiger partial charge is 0.224 e. The van der Waals surface area contributed by atoms with Gasteiger partial charge in [-0.1, -0.05) is 30.3 Å². The Morgan fingerprint density at radius 3 is 2.38 bits per heavy atom. The molecule has 13 heavy (non-hydrogen) atoms. The zero-order valence-electron chi connectivity index (χ0n) is 7.25. The number of thiol groups is 1. The molecule has 0 saturated carbocycles. The first-order chi connectivity index (χ1) is 6.20. The fraction of sp³-hybridized carbons (Fsp3) is 0.111. The number of rotatable bonds is 3. The summed E-state index contributed by atoms with van der Waals surface area (Å²) in [5.74, 6) is 0. The van der Waals surface area contributed by atoms with Crippen LogP contribution in [0.4, 0.5) is 0 Å². The summed E-state index contributed by atoms with van der Waals surface area (Å²) in [5.41, 5.74) is 0.978. The van der Waals surface area contributed by atoms with Crippen LogP contribution in [-0.2, 0) is 10.9 Å². The third-order valence-electron chi connectivity index (χ3n) is 1.54. The Balaban J connectivity index is 2.69. The third kappa shape index (κ3) is 3.29. The molecule has 0 saturated heterocycles. The third-order valence-corrected chi connectivity index (χ3v) is 2.19. The molecule has 3 nitrogen and oxygen atoms in total. The fourth-order valence-corrected chi connectivity index (χ4v) is 0.988. The summed E-state index contributed by atoms with van der Waals surface area (Å²) in [6.07, 6.45) is 3.26. The van der Waals surface area contributed by atoms with Gasteiger partial charge in [0, 0.05) is 13.2 Å². The van der Waals surface area contributed by atoms with Crippen molar-refractivity contribution in [3.05, 3.63) is 42.1 Å². The van der Waals surface area contributed by atoms with E-state index in [-0.39, 0.29) is 0 Å². The molecule has 0 aliphatic heterocycles. The van der Waals surface area contributed by atoms with Gasteiger partial charge in [-0.25, -0.2) is 8.42 Å². The van der Waals surface area contributed by atoms with Crippen LogP contribution in [0.25, 0.3) is 6.08 Å². The van der Waals surface area contributed by atoms with Crippen molar-refractivity contribution in [2.24, 2.45) is 0 Å². The molecule has 0 unspecified atom stereocenters. The lowest BCUT2D eigenvalue weighted by Crippen LogP contribution is -2.06. The molecule has 0 N–H and O–H groups in total. The molecular weight excluding hydrogens is 186 g/mol. The van der Waals surface area contributed by atoms with Crippen LogP contribution in [0, 0.1) is 0 Å². The van der Waals surface area contributed by atoms with Gasteiger partial charge in [-0.3, -0.25) is 4.31 Å². The lowest BCUT2D eigenvalue weighted by Gasteiger charge is -2.01. The van der Waals surface area contributed by atoms with E-state index in [1.165, 1.54) is 13.2 Å². The van der Waals surface area contributed by atoms with Gasteiger partial charge in [0.25, 0.3) is 0 Å². The van der Waals surface area contributed by atoms with Crippen molar-refractivity contribution < 1.29 is 8.42 Å². The average Bonchev–Trinajstić information content (AvgIpc) is 2.15. The van der Waals surface area contributed by atoms with Crippen LogP contribution >= 0.6 is 0 Å². The van der Waals surface area contributed by atoms with Crippen molar-refractivity contribution >= 4 is 17.0 Å². The van der Waals surface area contributed by atoms with Gasteiger partial charge < -0.3 is 0 Å². The van der Waals surface area contributed by atoms with E-state index in [9.17, 15) is 8.42 Å². The lowest BCUT2D eigenvalue weighted by molar-refractivity contribution is 0.563. The Hall–Kier alpha value is -1.29. The van der Waals surface area contributed by atoms with Crippen LogP contribution in [0.1, 0.15) is 5.56 Å². The minimum Gasteiger partial charge on any atom is -0.282 e. The first-order valence-corrected chi connectivity index (χ1v) is 4.93. The second-order valence-corrected chi connectivity index (χ2v) is 3.64. The maximum absolute atomic E-state index is 10.4. The van der Waals surface area contributed by atoms with Gasteiger partial charge in [-0.2, -0.15) is 0 Å². The van der Waals surface area contributed by atoms with E-state index in [1.54, 1.807) is 6.08 Å². The normalized spacial score (nSPS) is 10.9. The molecular formula is C9H11NO2S. The number of benzene rings is 1. The fourth-order valence-electron chi connectivity index (χ4n) is 0.813. The minimum atomic E-state index is -2.51. The van der Waals surface area contributed by atoms with E-state index in [1.807, 2.05) is 30.3 Å². The van der Waals surface area contributed by atoms with Gasteiger partial charge in [0.2, 0.25) is 10.9 Å². The van der Waals surface area contributed by atoms with Gasteiger partial charge in [-0.15, -0.1) is 0 Å². The molecule has 0 heterocycles. The maximum atomic E-state index is 10.4. The molecule has 1 aromatic rings. The van der Waals surface area contributed by atoms with E-state index in [0.29, 0.717) is 0 Å². The molecule has 0 amide bonds. The first-order valence-electron chi connectivity index (χ1n) is 3.80. The Labute approximate surface area is 79.4 Å². The minimum absolute atomic E-state index is 0.978. The largest absolute Gasteiger partial charge is 0.282 e. The van der Waals surface area contributed by atoms with Gasteiger partial charge >= 0.3 is 0 Å². The summed E-state index contributed by atoms with van der Waals surface area (Å²) in [7, 11) is -1.02. The summed E-state index contributed by atoms with van der Waals surface area (Å²) in [6, 6.07) is 9.52. The molecule has 0 bridgehead atoms. The van der Waals surface area contributed by atoms with E-state index >= 15 is 0 Å². The quantitative estimate of drug-likeness (QED) is 0.737. The van der Waals surface area contributed by atoms with Crippen LogP contribution in [-0.4, -0.2) is 19.8 Å². The van der Waals surface area contributed by atoms with Crippen molar-refractivity contribution in [1.82, 2.24) is 4.31 Å². The van der Waals surface area contributed by atoms with Crippen molar-refractivity contribution in [3.8, 4) is 0 Å². The zero-order chi connectivity index (χ0) is 9.68. The summed E-state index contributed by atoms with van der Waals surface area (Å²) < 4.78 is 22.0. The molecule has 4 heteroatoms. The average molecular weight is 197 g/mol. The molecule has 0 aromatic heterocycles. The first kappa shape index (κ1) is 9.80. The van der Waals surface area contributed by atoms with Gasteiger partial charge in [0.15, 0.2) is 0 Å². The van der Waals surface area contributed by atoms with E-state index < -0.39 is 10.9 Å². The topological polar surface area (TPSA) is 37.4 Å². The highest BCUT2D eigenvalue weighted by atomic mass is 32.2. The summed E-state index contributed by atoms with van der Waals surface area (Å²) in [4.78, 5) is 0. The van der Waals surface area contributed by atoms with Crippen LogP contribution < -0.4 is 0 Å². The van der Waals surface area contributed by atoms with Crippen molar-refractivity contribution in [3.63, 3.8) is 0 Å². The molecule has 70 valence electrons. The molecule has 0 spiro atoms. The number of hydrogen-bond acceptors (Lipinski definition) is 2. The van der Waals surface area contributed by atoms with Gasteiger partial charge in [0.05, 0.1) is 0 Å². The SMILES string of the molecule is CN(C=Cc1ccccc1)[SH](=O)=O. The lowest BCUT2D eigenvalue weighted by atomic mass is 10.2. The molecule has 1 aromatic carbocycles. The highest BCUT2D eigenvalue weighted by molar-refractivity contribution is 7.69. The second kappa shape index (κ2) is 4.67. The Bertz CT molecular complexity index is 349. The van der Waals surface area contributed by atoms with Gasteiger partial charge in [0.1, 0.15) is 0 Å². The Kier molecular flexibility index (Phi) is 3.52. The summed E-state index contributed by atoms with van der Waals surface area (Å²) in [5, 5.41) is 0. The predicted octanol–water partition coefficient (Wildman–Crippen LogP) is 1.12. The number of hydrogen-bond donors (Lipinski definition) is 1. The molecule has 0 atom stereocenters. The van der Waals surface area contributed by atoms with E-state index in [0.717, 1.165) is 9.87 Å². The number of nitrogens with zero attached hydrogens (tertiary/aromatic N) is 1. The van der Waals surface area contributed by atoms with Crippen molar-refractivity contribution in [2.75, 3.05) is 7.05 Å². The maximum Gasteiger partial charge on any atom is 0.224 e. The molecule has 0 radical (unpaired) electrons. The van der Waals surface area contributed by atoms with Crippen LogP contribution in [0.3, 0.4) is 0 Å². The Morgan fingerprint density at radius 1 is 1.23 bits per heavy atom. The van der Waals surface area contributed by atoms with Gasteiger partial charge in [-0.05, 0) is 11.6 Å². The molecule has 0 fully saturated rings. The Morgan fingerprint density at radius 2 is 1.85 bits per heavy atom. The highest BCUT2D eigenvalue weighted by Gasteiger charge is 1.89. The van der Waals surface area contributed by atoms with Crippen LogP contribution in [0.15, 0.2) is 36.5 Å². The second-order valence-electron chi connectivity index (χ2n) is 2.54. The van der Waals surface area contributed by atoms with Crippen LogP contribution in [0.2, 0.25) is 0 Å². The molecule has 0 aliphatic carbocycles. The molecule has 1 rings (SSSR count).